The fraction of sp³-hybridized carbons (Fsp3) is 0.778. The Balaban J connectivity index is 1.43. The minimum Gasteiger partial charge on any atom is -0.355 e. The molecule has 2 saturated carbocycles. The van der Waals surface area contributed by atoms with E-state index in [9.17, 15) is 4.79 Å². The van der Waals surface area contributed by atoms with E-state index >= 15 is 0 Å². The van der Waals surface area contributed by atoms with Gasteiger partial charge in [-0.3, -0.25) is 4.79 Å². The Kier molecular flexibility index (Phi) is 6.06. The SMILES string of the molecule is NC[C@H]1CCC[C@H]1C(=O)NCCc1nc(C2CCCCC2)cs1. The minimum atomic E-state index is 0.133. The first-order chi connectivity index (χ1) is 11.3. The van der Waals surface area contributed by atoms with Gasteiger partial charge in [-0.2, -0.15) is 0 Å². The van der Waals surface area contributed by atoms with Gasteiger partial charge in [0, 0.05) is 30.2 Å². The third kappa shape index (κ3) is 4.32. The van der Waals surface area contributed by atoms with E-state index in [2.05, 4.69) is 10.7 Å². The van der Waals surface area contributed by atoms with Gasteiger partial charge in [-0.05, 0) is 38.1 Å². The van der Waals surface area contributed by atoms with Gasteiger partial charge in [-0.25, -0.2) is 4.98 Å². The number of amides is 1. The van der Waals surface area contributed by atoms with Crippen LogP contribution in [-0.2, 0) is 11.2 Å². The molecule has 0 spiro atoms. The topological polar surface area (TPSA) is 68.0 Å². The molecule has 0 saturated heterocycles. The summed E-state index contributed by atoms with van der Waals surface area (Å²) in [5, 5.41) is 6.49. The van der Waals surface area contributed by atoms with Crippen molar-refractivity contribution in [3.05, 3.63) is 16.1 Å². The van der Waals surface area contributed by atoms with E-state index in [1.54, 1.807) is 11.3 Å². The zero-order valence-electron chi connectivity index (χ0n) is 13.9. The molecule has 2 aliphatic rings. The standard InChI is InChI=1S/C18H29N3OS/c19-11-14-7-4-8-15(14)18(22)20-10-9-17-21-16(12-23-17)13-5-2-1-3-6-13/h12-15H,1-11,19H2,(H,20,22)/t14-,15-/m1/s1. The van der Waals surface area contributed by atoms with Gasteiger partial charge in [0.05, 0.1) is 10.7 Å². The summed E-state index contributed by atoms with van der Waals surface area (Å²) < 4.78 is 0. The van der Waals surface area contributed by atoms with Crippen LogP contribution in [0.2, 0.25) is 0 Å². The Morgan fingerprint density at radius 1 is 1.22 bits per heavy atom. The first kappa shape index (κ1) is 16.9. The molecule has 0 radical (unpaired) electrons. The van der Waals surface area contributed by atoms with Gasteiger partial charge in [0.15, 0.2) is 0 Å². The fourth-order valence-corrected chi connectivity index (χ4v) is 4.99. The van der Waals surface area contributed by atoms with Crippen LogP contribution in [0.4, 0.5) is 0 Å². The normalized spacial score (nSPS) is 25.6. The Morgan fingerprint density at radius 3 is 2.83 bits per heavy atom. The Bertz CT molecular complexity index is 510. The van der Waals surface area contributed by atoms with Crippen LogP contribution in [0.3, 0.4) is 0 Å². The summed E-state index contributed by atoms with van der Waals surface area (Å²) in [6.07, 6.45) is 10.7. The number of carbonyl (C=O) groups is 1. The molecule has 2 aliphatic carbocycles. The third-order valence-electron chi connectivity index (χ3n) is 5.53. The minimum absolute atomic E-state index is 0.133. The molecule has 0 aromatic carbocycles. The number of nitrogens with two attached hydrogens (primary N) is 1. The predicted octanol–water partition coefficient (Wildman–Crippen LogP) is 3.22. The molecule has 23 heavy (non-hydrogen) atoms. The molecule has 1 amide bonds. The van der Waals surface area contributed by atoms with Crippen molar-refractivity contribution in [3.8, 4) is 0 Å². The van der Waals surface area contributed by atoms with Crippen molar-refractivity contribution >= 4 is 17.2 Å². The van der Waals surface area contributed by atoms with Gasteiger partial charge < -0.3 is 11.1 Å². The molecule has 1 aromatic rings. The number of nitrogens with one attached hydrogen (secondary N) is 1. The quantitative estimate of drug-likeness (QED) is 0.838. The molecule has 0 aliphatic heterocycles. The molecule has 1 heterocycles. The summed E-state index contributed by atoms with van der Waals surface area (Å²) in [5.74, 6) is 1.39. The number of hydrogen-bond acceptors (Lipinski definition) is 4. The summed E-state index contributed by atoms with van der Waals surface area (Å²) >= 11 is 1.75. The summed E-state index contributed by atoms with van der Waals surface area (Å²) in [4.78, 5) is 17.1. The van der Waals surface area contributed by atoms with E-state index in [1.807, 2.05) is 0 Å². The average Bonchev–Trinajstić information content (AvgIpc) is 3.24. The molecule has 0 unspecified atom stereocenters. The lowest BCUT2D eigenvalue weighted by Gasteiger charge is -2.19. The lowest BCUT2D eigenvalue weighted by atomic mass is 9.87. The average molecular weight is 336 g/mol. The summed E-state index contributed by atoms with van der Waals surface area (Å²) in [5.41, 5.74) is 7.05. The molecule has 2 fully saturated rings. The van der Waals surface area contributed by atoms with Crippen molar-refractivity contribution in [1.29, 1.82) is 0 Å². The molecule has 2 atom stereocenters. The highest BCUT2D eigenvalue weighted by Crippen LogP contribution is 2.33. The molecule has 4 nitrogen and oxygen atoms in total. The van der Waals surface area contributed by atoms with Crippen molar-refractivity contribution in [2.45, 2.75) is 63.7 Å². The van der Waals surface area contributed by atoms with E-state index in [4.69, 9.17) is 10.7 Å². The zero-order chi connectivity index (χ0) is 16.1. The van der Waals surface area contributed by atoms with Crippen molar-refractivity contribution < 1.29 is 4.79 Å². The molecular formula is C18H29N3OS. The van der Waals surface area contributed by atoms with Crippen LogP contribution in [0.25, 0.3) is 0 Å². The van der Waals surface area contributed by atoms with E-state index in [0.29, 0.717) is 24.9 Å². The van der Waals surface area contributed by atoms with Gasteiger partial charge in [0.25, 0.3) is 0 Å². The summed E-state index contributed by atoms with van der Waals surface area (Å²) in [6.45, 7) is 1.33. The zero-order valence-corrected chi connectivity index (χ0v) is 14.7. The van der Waals surface area contributed by atoms with Crippen molar-refractivity contribution in [3.63, 3.8) is 0 Å². The van der Waals surface area contributed by atoms with Crippen LogP contribution in [-0.4, -0.2) is 24.0 Å². The Labute approximate surface area is 143 Å². The predicted molar refractivity (Wildman–Crippen MR) is 94.5 cm³/mol. The van der Waals surface area contributed by atoms with Crippen LogP contribution < -0.4 is 11.1 Å². The van der Waals surface area contributed by atoms with Crippen LogP contribution in [0.5, 0.6) is 0 Å². The first-order valence-corrected chi connectivity index (χ1v) is 10.1. The van der Waals surface area contributed by atoms with E-state index in [0.717, 1.165) is 30.7 Å². The monoisotopic (exact) mass is 335 g/mol. The van der Waals surface area contributed by atoms with E-state index < -0.39 is 0 Å². The highest BCUT2D eigenvalue weighted by molar-refractivity contribution is 7.09. The maximum atomic E-state index is 12.3. The maximum absolute atomic E-state index is 12.3. The van der Waals surface area contributed by atoms with Crippen molar-refractivity contribution in [2.75, 3.05) is 13.1 Å². The maximum Gasteiger partial charge on any atom is 0.223 e. The van der Waals surface area contributed by atoms with Gasteiger partial charge in [0.1, 0.15) is 0 Å². The molecule has 0 bridgehead atoms. The van der Waals surface area contributed by atoms with Gasteiger partial charge in [-0.15, -0.1) is 11.3 Å². The Morgan fingerprint density at radius 2 is 2.04 bits per heavy atom. The molecule has 128 valence electrons. The lowest BCUT2D eigenvalue weighted by molar-refractivity contribution is -0.125. The van der Waals surface area contributed by atoms with Crippen molar-refractivity contribution in [2.24, 2.45) is 17.6 Å². The first-order valence-electron chi connectivity index (χ1n) is 9.20. The second-order valence-corrected chi connectivity index (χ2v) is 8.02. The van der Waals surface area contributed by atoms with E-state index in [1.165, 1.54) is 37.8 Å². The number of rotatable bonds is 6. The van der Waals surface area contributed by atoms with Gasteiger partial charge in [-0.1, -0.05) is 25.7 Å². The van der Waals surface area contributed by atoms with Crippen LogP contribution in [0.1, 0.15) is 68.0 Å². The molecule has 1 aromatic heterocycles. The number of thiazole rings is 1. The summed E-state index contributed by atoms with van der Waals surface area (Å²) in [6, 6.07) is 0. The smallest absolute Gasteiger partial charge is 0.223 e. The van der Waals surface area contributed by atoms with Gasteiger partial charge >= 0.3 is 0 Å². The Hall–Kier alpha value is -0.940. The number of hydrogen-bond donors (Lipinski definition) is 2. The number of aromatic nitrogens is 1. The molecule has 3 N–H and O–H groups in total. The molecular weight excluding hydrogens is 306 g/mol. The number of nitrogens with zero attached hydrogens (tertiary/aromatic N) is 1. The molecule has 3 rings (SSSR count). The van der Waals surface area contributed by atoms with Crippen LogP contribution in [0, 0.1) is 11.8 Å². The number of carbonyl (C=O) groups excluding carboxylic acids is 1. The summed E-state index contributed by atoms with van der Waals surface area (Å²) in [7, 11) is 0. The lowest BCUT2D eigenvalue weighted by Crippen LogP contribution is -2.36. The second-order valence-electron chi connectivity index (χ2n) is 7.08. The molecule has 5 heteroatoms. The van der Waals surface area contributed by atoms with E-state index in [-0.39, 0.29) is 11.8 Å². The third-order valence-corrected chi connectivity index (χ3v) is 6.46. The van der Waals surface area contributed by atoms with Crippen molar-refractivity contribution in [1.82, 2.24) is 10.3 Å². The van der Waals surface area contributed by atoms with Gasteiger partial charge in [0.2, 0.25) is 5.91 Å². The van der Waals surface area contributed by atoms with Crippen LogP contribution in [0.15, 0.2) is 5.38 Å². The largest absolute Gasteiger partial charge is 0.355 e. The highest BCUT2D eigenvalue weighted by atomic mass is 32.1. The second kappa shape index (κ2) is 8.25. The van der Waals surface area contributed by atoms with Crippen LogP contribution >= 0.6 is 11.3 Å². The fourth-order valence-electron chi connectivity index (χ4n) is 4.11. The highest BCUT2D eigenvalue weighted by Gasteiger charge is 2.31.